The summed E-state index contributed by atoms with van der Waals surface area (Å²) in [5.41, 5.74) is -0.373. The first kappa shape index (κ1) is 11.9. The van der Waals surface area contributed by atoms with E-state index < -0.39 is 11.8 Å². The number of halogens is 1. The number of nitrogens with zero attached hydrogens (tertiary/aromatic N) is 1. The Morgan fingerprint density at radius 2 is 2.24 bits per heavy atom. The quantitative estimate of drug-likeness (QED) is 0.788. The van der Waals surface area contributed by atoms with Gasteiger partial charge in [0.15, 0.2) is 0 Å². The van der Waals surface area contributed by atoms with Crippen molar-refractivity contribution < 1.29 is 19.1 Å². The monoisotopic (exact) mass is 255 g/mol. The molecule has 6 heteroatoms. The van der Waals surface area contributed by atoms with Gasteiger partial charge in [0.25, 0.3) is 0 Å². The van der Waals surface area contributed by atoms with Gasteiger partial charge in [-0.15, -0.1) is 0 Å². The number of thiol groups is 1. The smallest absolute Gasteiger partial charge is 0.337 e. The normalized spacial score (nSPS) is 19.8. The molecule has 1 fully saturated rings. The molecule has 1 aromatic rings. The van der Waals surface area contributed by atoms with Gasteiger partial charge in [-0.1, -0.05) is 6.07 Å². The van der Waals surface area contributed by atoms with Gasteiger partial charge in [-0.25, -0.2) is 9.18 Å². The minimum Gasteiger partial charge on any atom is -0.478 e. The van der Waals surface area contributed by atoms with E-state index in [-0.39, 0.29) is 35.4 Å². The molecular formula is C11H10FNO3S. The van der Waals surface area contributed by atoms with Gasteiger partial charge in [0.1, 0.15) is 5.82 Å². The van der Waals surface area contributed by atoms with Crippen LogP contribution in [-0.2, 0) is 4.79 Å². The summed E-state index contributed by atoms with van der Waals surface area (Å²) in [4.78, 5) is 23.8. The summed E-state index contributed by atoms with van der Waals surface area (Å²) in [6.07, 6.45) is 0.191. The van der Waals surface area contributed by atoms with Crippen LogP contribution in [0.4, 0.5) is 10.1 Å². The molecule has 0 bridgehead atoms. The third-order valence-corrected chi connectivity index (χ3v) is 2.94. The van der Waals surface area contributed by atoms with E-state index in [0.29, 0.717) is 0 Å². The van der Waals surface area contributed by atoms with Gasteiger partial charge < -0.3 is 10.0 Å². The summed E-state index contributed by atoms with van der Waals surface area (Å²) >= 11 is 4.15. The van der Waals surface area contributed by atoms with Gasteiger partial charge >= 0.3 is 5.97 Å². The molecule has 0 aliphatic carbocycles. The van der Waals surface area contributed by atoms with Crippen molar-refractivity contribution in [1.82, 2.24) is 0 Å². The SMILES string of the molecule is O=C(O)c1cccc(F)c1N1CC(S)CC1=O. The van der Waals surface area contributed by atoms with Crippen LogP contribution in [0.5, 0.6) is 0 Å². The lowest BCUT2D eigenvalue weighted by Gasteiger charge is -2.18. The molecule has 1 atom stereocenters. The zero-order valence-corrected chi connectivity index (χ0v) is 9.65. The van der Waals surface area contributed by atoms with Gasteiger partial charge in [0.05, 0.1) is 11.3 Å². The van der Waals surface area contributed by atoms with Gasteiger partial charge in [-0.2, -0.15) is 12.6 Å². The van der Waals surface area contributed by atoms with Crippen LogP contribution in [0.15, 0.2) is 18.2 Å². The molecule has 0 spiro atoms. The lowest BCUT2D eigenvalue weighted by molar-refractivity contribution is -0.117. The minimum atomic E-state index is -1.25. The molecule has 1 aliphatic heterocycles. The molecule has 1 amide bonds. The number of amides is 1. The molecule has 1 N–H and O–H groups in total. The number of carbonyl (C=O) groups excluding carboxylic acids is 1. The van der Waals surface area contributed by atoms with Crippen molar-refractivity contribution in [2.75, 3.05) is 11.4 Å². The molecule has 0 aromatic heterocycles. The maximum Gasteiger partial charge on any atom is 0.337 e. The van der Waals surface area contributed by atoms with E-state index in [1.165, 1.54) is 12.1 Å². The van der Waals surface area contributed by atoms with Crippen LogP contribution in [-0.4, -0.2) is 28.8 Å². The lowest BCUT2D eigenvalue weighted by Crippen LogP contribution is -2.27. The number of para-hydroxylation sites is 1. The molecule has 1 heterocycles. The van der Waals surface area contributed by atoms with Gasteiger partial charge in [-0.05, 0) is 12.1 Å². The lowest BCUT2D eigenvalue weighted by atomic mass is 10.1. The van der Waals surface area contributed by atoms with Crippen LogP contribution in [0.2, 0.25) is 0 Å². The summed E-state index contributed by atoms with van der Waals surface area (Å²) in [6, 6.07) is 3.72. The number of anilines is 1. The first-order chi connectivity index (χ1) is 8.00. The fourth-order valence-electron chi connectivity index (χ4n) is 1.87. The zero-order valence-electron chi connectivity index (χ0n) is 8.76. The summed E-state index contributed by atoms with van der Waals surface area (Å²) in [5, 5.41) is 8.79. The second-order valence-corrected chi connectivity index (χ2v) is 4.53. The molecule has 17 heavy (non-hydrogen) atoms. The number of carbonyl (C=O) groups is 2. The molecule has 1 unspecified atom stereocenters. The predicted molar refractivity (Wildman–Crippen MR) is 63.1 cm³/mol. The van der Waals surface area contributed by atoms with Crippen molar-refractivity contribution in [3.05, 3.63) is 29.6 Å². The van der Waals surface area contributed by atoms with Crippen molar-refractivity contribution in [2.45, 2.75) is 11.7 Å². The highest BCUT2D eigenvalue weighted by atomic mass is 32.1. The predicted octanol–water partition coefficient (Wildman–Crippen LogP) is 1.56. The molecule has 90 valence electrons. The Balaban J connectivity index is 2.51. The molecule has 0 saturated carbocycles. The number of aromatic carboxylic acids is 1. The summed E-state index contributed by atoms with van der Waals surface area (Å²) < 4.78 is 13.7. The van der Waals surface area contributed by atoms with E-state index >= 15 is 0 Å². The number of hydrogen-bond donors (Lipinski definition) is 2. The van der Waals surface area contributed by atoms with Crippen molar-refractivity contribution in [3.63, 3.8) is 0 Å². The number of rotatable bonds is 2. The molecule has 4 nitrogen and oxygen atoms in total. The first-order valence-corrected chi connectivity index (χ1v) is 5.52. The van der Waals surface area contributed by atoms with E-state index in [0.717, 1.165) is 11.0 Å². The highest BCUT2D eigenvalue weighted by Crippen LogP contribution is 2.30. The zero-order chi connectivity index (χ0) is 12.6. The van der Waals surface area contributed by atoms with E-state index in [4.69, 9.17) is 5.11 Å². The van der Waals surface area contributed by atoms with Crippen LogP contribution in [0.25, 0.3) is 0 Å². The Kier molecular flexibility index (Phi) is 3.06. The van der Waals surface area contributed by atoms with Crippen LogP contribution >= 0.6 is 12.6 Å². The Morgan fingerprint density at radius 1 is 1.53 bits per heavy atom. The second kappa shape index (κ2) is 4.37. The van der Waals surface area contributed by atoms with Crippen LogP contribution in [0, 0.1) is 5.82 Å². The van der Waals surface area contributed by atoms with Crippen molar-refractivity contribution >= 4 is 30.2 Å². The van der Waals surface area contributed by atoms with Gasteiger partial charge in [0.2, 0.25) is 5.91 Å². The maximum atomic E-state index is 13.7. The van der Waals surface area contributed by atoms with E-state index in [2.05, 4.69) is 12.6 Å². The van der Waals surface area contributed by atoms with Crippen LogP contribution < -0.4 is 4.90 Å². The third-order valence-electron chi connectivity index (χ3n) is 2.59. The second-order valence-electron chi connectivity index (χ2n) is 3.80. The van der Waals surface area contributed by atoms with Crippen LogP contribution in [0.1, 0.15) is 16.8 Å². The van der Waals surface area contributed by atoms with Crippen molar-refractivity contribution in [2.24, 2.45) is 0 Å². The molecule has 1 aromatic carbocycles. The number of hydrogen-bond acceptors (Lipinski definition) is 3. The van der Waals surface area contributed by atoms with E-state index in [1.54, 1.807) is 0 Å². The number of benzene rings is 1. The van der Waals surface area contributed by atoms with Crippen molar-refractivity contribution in [1.29, 1.82) is 0 Å². The fraction of sp³-hybridized carbons (Fsp3) is 0.273. The largest absolute Gasteiger partial charge is 0.478 e. The maximum absolute atomic E-state index is 13.7. The Hall–Kier alpha value is -1.56. The van der Waals surface area contributed by atoms with E-state index in [1.807, 2.05) is 0 Å². The Morgan fingerprint density at radius 3 is 2.76 bits per heavy atom. The van der Waals surface area contributed by atoms with E-state index in [9.17, 15) is 14.0 Å². The minimum absolute atomic E-state index is 0.165. The highest BCUT2D eigenvalue weighted by Gasteiger charge is 2.32. The summed E-state index contributed by atoms with van der Waals surface area (Å²) in [7, 11) is 0. The third kappa shape index (κ3) is 2.12. The van der Waals surface area contributed by atoms with Crippen LogP contribution in [0.3, 0.4) is 0 Å². The van der Waals surface area contributed by atoms with Gasteiger partial charge in [-0.3, -0.25) is 4.79 Å². The average molecular weight is 255 g/mol. The average Bonchev–Trinajstić information content (AvgIpc) is 2.57. The topological polar surface area (TPSA) is 57.6 Å². The molecule has 1 saturated heterocycles. The summed E-state index contributed by atoms with van der Waals surface area (Å²) in [6.45, 7) is 0.225. The standard InChI is InChI=1S/C11H10FNO3S/c12-8-3-1-2-7(11(15)16)10(8)13-5-6(17)4-9(13)14/h1-3,6,17H,4-5H2,(H,15,16). The Labute approximate surface area is 102 Å². The molecule has 0 radical (unpaired) electrons. The first-order valence-electron chi connectivity index (χ1n) is 5.01. The number of carboxylic acid groups (broad SMARTS) is 1. The molecular weight excluding hydrogens is 245 g/mol. The Bertz CT molecular complexity index is 492. The van der Waals surface area contributed by atoms with Gasteiger partial charge in [0, 0.05) is 18.2 Å². The molecule has 2 rings (SSSR count). The van der Waals surface area contributed by atoms with Crippen molar-refractivity contribution in [3.8, 4) is 0 Å². The number of carboxylic acids is 1. The summed E-state index contributed by atoms with van der Waals surface area (Å²) in [5.74, 6) is -2.27. The highest BCUT2D eigenvalue weighted by molar-refractivity contribution is 7.81. The fourth-order valence-corrected chi connectivity index (χ4v) is 2.19. The molecule has 1 aliphatic rings.